The van der Waals surface area contributed by atoms with E-state index < -0.39 is 10.0 Å². The number of nitrogen functional groups attached to an aromatic ring is 1. The molecule has 0 aliphatic heterocycles. The Morgan fingerprint density at radius 2 is 2.20 bits per heavy atom. The normalized spacial score (nSPS) is 13.7. The highest BCUT2D eigenvalue weighted by Crippen LogP contribution is 2.08. The van der Waals surface area contributed by atoms with Gasteiger partial charge in [0.2, 0.25) is 0 Å². The molecule has 3 N–H and O–H groups in total. The summed E-state index contributed by atoms with van der Waals surface area (Å²) in [6, 6.07) is 2.80. The molecule has 0 fully saturated rings. The van der Waals surface area contributed by atoms with E-state index in [1.54, 1.807) is 6.92 Å². The molecule has 0 amide bonds. The molecule has 1 aromatic heterocycles. The monoisotopic (exact) mass is 229 g/mol. The van der Waals surface area contributed by atoms with Crippen molar-refractivity contribution < 1.29 is 8.42 Å². The first-order chi connectivity index (χ1) is 6.95. The number of anilines is 1. The van der Waals surface area contributed by atoms with Gasteiger partial charge in [-0.2, -0.15) is 0 Å². The van der Waals surface area contributed by atoms with Crippen molar-refractivity contribution in [3.63, 3.8) is 0 Å². The summed E-state index contributed by atoms with van der Waals surface area (Å²) in [5.41, 5.74) is 5.86. The van der Waals surface area contributed by atoms with Crippen LogP contribution in [0.4, 0.5) is 5.69 Å². The molecular weight excluding hydrogens is 214 g/mol. The Morgan fingerprint density at radius 3 is 2.67 bits per heavy atom. The fourth-order valence-electron chi connectivity index (χ4n) is 0.959. The minimum absolute atomic E-state index is 0.00278. The number of nitrogens with zero attached hydrogens (tertiary/aromatic N) is 1. The second-order valence-corrected chi connectivity index (χ2v) is 5.02. The van der Waals surface area contributed by atoms with Crippen LogP contribution in [-0.2, 0) is 10.0 Å². The molecule has 0 aromatic carbocycles. The van der Waals surface area contributed by atoms with Gasteiger partial charge in [-0.3, -0.25) is 0 Å². The largest absolute Gasteiger partial charge is 0.397 e. The Morgan fingerprint density at radius 1 is 1.53 bits per heavy atom. The van der Waals surface area contributed by atoms with Crippen LogP contribution in [0.15, 0.2) is 23.4 Å². The van der Waals surface area contributed by atoms with Gasteiger partial charge >= 0.3 is 0 Å². The van der Waals surface area contributed by atoms with E-state index in [1.165, 1.54) is 18.3 Å². The lowest BCUT2D eigenvalue weighted by atomic mass is 10.3. The number of rotatable bonds is 4. The molecule has 1 rings (SSSR count). The fraction of sp³-hybridized carbons (Fsp3) is 0.444. The van der Waals surface area contributed by atoms with E-state index in [4.69, 9.17) is 5.73 Å². The molecule has 84 valence electrons. The van der Waals surface area contributed by atoms with Gasteiger partial charge in [0.1, 0.15) is 0 Å². The van der Waals surface area contributed by atoms with Crippen molar-refractivity contribution in [1.82, 2.24) is 9.71 Å². The summed E-state index contributed by atoms with van der Waals surface area (Å²) in [5.74, 6) is 0. The number of pyridine rings is 1. The van der Waals surface area contributed by atoms with E-state index in [0.717, 1.165) is 6.42 Å². The Hall–Kier alpha value is -1.14. The SMILES string of the molecule is CCC(C)NS(=O)(=O)c1ccc(N)cn1. The number of hydrogen-bond acceptors (Lipinski definition) is 4. The molecule has 15 heavy (non-hydrogen) atoms. The molecule has 0 aliphatic rings. The average Bonchev–Trinajstić information content (AvgIpc) is 2.17. The van der Waals surface area contributed by atoms with Crippen LogP contribution in [0.5, 0.6) is 0 Å². The van der Waals surface area contributed by atoms with Crippen LogP contribution >= 0.6 is 0 Å². The zero-order chi connectivity index (χ0) is 11.5. The molecule has 0 bridgehead atoms. The van der Waals surface area contributed by atoms with Crippen LogP contribution < -0.4 is 10.5 Å². The van der Waals surface area contributed by atoms with Crippen LogP contribution in [0.25, 0.3) is 0 Å². The van der Waals surface area contributed by atoms with Crippen LogP contribution in [0.3, 0.4) is 0 Å². The van der Waals surface area contributed by atoms with E-state index in [0.29, 0.717) is 5.69 Å². The van der Waals surface area contributed by atoms with E-state index in [2.05, 4.69) is 9.71 Å². The average molecular weight is 229 g/mol. The Balaban J connectivity index is 2.91. The van der Waals surface area contributed by atoms with Crippen LogP contribution in [0, 0.1) is 0 Å². The molecule has 1 aromatic rings. The lowest BCUT2D eigenvalue weighted by Crippen LogP contribution is -2.32. The molecule has 0 spiro atoms. The molecule has 1 atom stereocenters. The highest BCUT2D eigenvalue weighted by molar-refractivity contribution is 7.89. The summed E-state index contributed by atoms with van der Waals surface area (Å²) in [7, 11) is -3.51. The minimum Gasteiger partial charge on any atom is -0.397 e. The molecule has 1 unspecified atom stereocenters. The molecule has 0 saturated carbocycles. The van der Waals surface area contributed by atoms with Gasteiger partial charge in [0, 0.05) is 6.04 Å². The van der Waals surface area contributed by atoms with Crippen molar-refractivity contribution in [2.45, 2.75) is 31.3 Å². The first-order valence-corrected chi connectivity index (χ1v) is 6.18. The molecule has 0 saturated heterocycles. The highest BCUT2D eigenvalue weighted by Gasteiger charge is 2.17. The lowest BCUT2D eigenvalue weighted by Gasteiger charge is -2.11. The molecule has 0 aliphatic carbocycles. The zero-order valence-corrected chi connectivity index (χ0v) is 9.58. The first-order valence-electron chi connectivity index (χ1n) is 4.69. The molecule has 1 heterocycles. The lowest BCUT2D eigenvalue weighted by molar-refractivity contribution is 0.552. The minimum atomic E-state index is -3.51. The van der Waals surface area contributed by atoms with E-state index in [9.17, 15) is 8.42 Å². The maximum Gasteiger partial charge on any atom is 0.258 e. The molecular formula is C9H15N3O2S. The van der Waals surface area contributed by atoms with Gasteiger partial charge in [-0.1, -0.05) is 6.92 Å². The van der Waals surface area contributed by atoms with Crippen molar-refractivity contribution in [2.75, 3.05) is 5.73 Å². The Kier molecular flexibility index (Phi) is 3.65. The van der Waals surface area contributed by atoms with E-state index in [-0.39, 0.29) is 11.1 Å². The topological polar surface area (TPSA) is 85.1 Å². The predicted octanol–water partition coefficient (Wildman–Crippen LogP) is 0.741. The van der Waals surface area contributed by atoms with Gasteiger partial charge in [0.25, 0.3) is 10.0 Å². The van der Waals surface area contributed by atoms with E-state index >= 15 is 0 Å². The Labute approximate surface area is 89.8 Å². The van der Waals surface area contributed by atoms with Crippen molar-refractivity contribution in [3.05, 3.63) is 18.3 Å². The number of hydrogen-bond donors (Lipinski definition) is 2. The van der Waals surface area contributed by atoms with Crippen LogP contribution in [0.1, 0.15) is 20.3 Å². The molecule has 5 nitrogen and oxygen atoms in total. The van der Waals surface area contributed by atoms with Gasteiger partial charge < -0.3 is 5.73 Å². The van der Waals surface area contributed by atoms with Crippen molar-refractivity contribution in [3.8, 4) is 0 Å². The first kappa shape index (κ1) is 11.9. The molecule has 0 radical (unpaired) electrons. The van der Waals surface area contributed by atoms with Crippen molar-refractivity contribution in [2.24, 2.45) is 0 Å². The molecule has 6 heteroatoms. The van der Waals surface area contributed by atoms with Gasteiger partial charge in [0.05, 0.1) is 11.9 Å². The third-order valence-corrected chi connectivity index (χ3v) is 3.51. The summed E-state index contributed by atoms with van der Waals surface area (Å²) in [6.07, 6.45) is 2.05. The van der Waals surface area contributed by atoms with Crippen molar-refractivity contribution >= 4 is 15.7 Å². The quantitative estimate of drug-likeness (QED) is 0.797. The number of sulfonamides is 1. The van der Waals surface area contributed by atoms with Crippen LogP contribution in [-0.4, -0.2) is 19.4 Å². The van der Waals surface area contributed by atoms with Gasteiger partial charge in [-0.05, 0) is 25.5 Å². The summed E-state index contributed by atoms with van der Waals surface area (Å²) in [4.78, 5) is 3.76. The summed E-state index contributed by atoms with van der Waals surface area (Å²) in [5, 5.41) is -0.00278. The van der Waals surface area contributed by atoms with Gasteiger partial charge in [-0.15, -0.1) is 0 Å². The Bertz CT molecular complexity index is 413. The maximum atomic E-state index is 11.7. The second-order valence-electron chi connectivity index (χ2n) is 3.36. The number of aromatic nitrogens is 1. The van der Waals surface area contributed by atoms with Gasteiger partial charge in [0.15, 0.2) is 5.03 Å². The standard InChI is InChI=1S/C9H15N3O2S/c1-3-7(2)12-15(13,14)9-5-4-8(10)6-11-9/h4-7,12H,3,10H2,1-2H3. The number of nitrogens with two attached hydrogens (primary N) is 1. The number of nitrogens with one attached hydrogen (secondary N) is 1. The summed E-state index contributed by atoms with van der Waals surface area (Å²) >= 11 is 0. The highest BCUT2D eigenvalue weighted by atomic mass is 32.2. The zero-order valence-electron chi connectivity index (χ0n) is 8.77. The third kappa shape index (κ3) is 3.17. The third-order valence-electron chi connectivity index (χ3n) is 2.00. The van der Waals surface area contributed by atoms with E-state index in [1.807, 2.05) is 6.92 Å². The van der Waals surface area contributed by atoms with Crippen LogP contribution in [0.2, 0.25) is 0 Å². The summed E-state index contributed by atoms with van der Waals surface area (Å²) in [6.45, 7) is 3.71. The maximum absolute atomic E-state index is 11.7. The fourth-order valence-corrected chi connectivity index (χ4v) is 2.22. The second kappa shape index (κ2) is 4.59. The summed E-state index contributed by atoms with van der Waals surface area (Å²) < 4.78 is 25.9. The predicted molar refractivity (Wildman–Crippen MR) is 58.7 cm³/mol. The van der Waals surface area contributed by atoms with Gasteiger partial charge in [-0.25, -0.2) is 18.1 Å². The smallest absolute Gasteiger partial charge is 0.258 e. The van der Waals surface area contributed by atoms with Crippen molar-refractivity contribution in [1.29, 1.82) is 0 Å².